The van der Waals surface area contributed by atoms with Crippen LogP contribution in [0.4, 0.5) is 0 Å². The van der Waals surface area contributed by atoms with Crippen molar-refractivity contribution in [2.45, 2.75) is 13.8 Å². The van der Waals surface area contributed by atoms with Crippen LogP contribution in [0.2, 0.25) is 0 Å². The molecule has 0 aliphatic rings. The zero-order valence-electron chi connectivity index (χ0n) is 9.42. The first-order valence-electron chi connectivity index (χ1n) is 5.18. The fraction of sp³-hybridized carbons (Fsp3) is 0.182. The lowest BCUT2D eigenvalue weighted by atomic mass is 10.4. The van der Waals surface area contributed by atoms with Crippen LogP contribution in [0.15, 0.2) is 29.3 Å². The van der Waals surface area contributed by atoms with Gasteiger partial charge in [0.25, 0.3) is 0 Å². The molecule has 0 spiro atoms. The van der Waals surface area contributed by atoms with Gasteiger partial charge in [0.05, 0.1) is 5.69 Å². The van der Waals surface area contributed by atoms with Crippen LogP contribution < -0.4 is 0 Å². The summed E-state index contributed by atoms with van der Waals surface area (Å²) in [6.45, 7) is 3.96. The summed E-state index contributed by atoms with van der Waals surface area (Å²) in [6.07, 6.45) is 5.51. The van der Waals surface area contributed by atoms with Gasteiger partial charge in [-0.2, -0.15) is 5.10 Å². The van der Waals surface area contributed by atoms with E-state index in [1.165, 1.54) is 0 Å². The van der Waals surface area contributed by atoms with Gasteiger partial charge in [-0.15, -0.1) is 0 Å². The molecule has 0 amide bonds. The Morgan fingerprint density at radius 3 is 2.82 bits per heavy atom. The van der Waals surface area contributed by atoms with Crippen molar-refractivity contribution in [2.24, 2.45) is 0 Å². The van der Waals surface area contributed by atoms with Crippen molar-refractivity contribution in [1.29, 1.82) is 0 Å². The fourth-order valence-electron chi connectivity index (χ4n) is 1.87. The summed E-state index contributed by atoms with van der Waals surface area (Å²) in [5.74, 6) is 0.731. The van der Waals surface area contributed by atoms with E-state index in [9.17, 15) is 0 Å². The number of aryl methyl sites for hydroxylation is 2. The van der Waals surface area contributed by atoms with Gasteiger partial charge in [-0.05, 0) is 35.8 Å². The number of rotatable bonds is 1. The van der Waals surface area contributed by atoms with Gasteiger partial charge in [0.15, 0.2) is 11.5 Å². The molecule has 86 valence electrons. The molecular formula is C11H10BrN5. The molecule has 3 aromatic heterocycles. The highest BCUT2D eigenvalue weighted by molar-refractivity contribution is 9.10. The van der Waals surface area contributed by atoms with E-state index in [1.54, 1.807) is 6.20 Å². The van der Waals surface area contributed by atoms with Crippen molar-refractivity contribution < 1.29 is 0 Å². The molecule has 5 nitrogen and oxygen atoms in total. The van der Waals surface area contributed by atoms with Crippen molar-refractivity contribution >= 4 is 21.6 Å². The first-order chi connectivity index (χ1) is 8.15. The minimum absolute atomic E-state index is 0.731. The van der Waals surface area contributed by atoms with E-state index in [2.05, 4.69) is 31.0 Å². The van der Waals surface area contributed by atoms with Crippen molar-refractivity contribution in [2.75, 3.05) is 0 Å². The molecule has 3 aromatic rings. The van der Waals surface area contributed by atoms with Gasteiger partial charge in [0, 0.05) is 24.3 Å². The van der Waals surface area contributed by atoms with Gasteiger partial charge in [-0.25, -0.2) is 14.6 Å². The number of hydrogen-bond donors (Lipinski definition) is 0. The van der Waals surface area contributed by atoms with Crippen LogP contribution in [0.1, 0.15) is 11.4 Å². The van der Waals surface area contributed by atoms with E-state index in [-0.39, 0.29) is 0 Å². The molecule has 0 radical (unpaired) electrons. The Bertz CT molecular complexity index is 697. The fourth-order valence-corrected chi connectivity index (χ4v) is 2.26. The van der Waals surface area contributed by atoms with E-state index in [1.807, 2.05) is 41.4 Å². The third kappa shape index (κ3) is 1.64. The summed E-state index contributed by atoms with van der Waals surface area (Å²) in [5.41, 5.74) is 2.80. The first-order valence-corrected chi connectivity index (χ1v) is 5.97. The topological polar surface area (TPSA) is 48.0 Å². The molecule has 3 heterocycles. The summed E-state index contributed by atoms with van der Waals surface area (Å²) >= 11 is 3.40. The zero-order chi connectivity index (χ0) is 12.0. The molecule has 0 fully saturated rings. The number of aromatic nitrogens is 5. The first kappa shape index (κ1) is 10.5. The SMILES string of the molecule is Cc1cc(C)n(-c2nc(Br)cn3ccnc23)n1. The molecule has 17 heavy (non-hydrogen) atoms. The molecule has 6 heteroatoms. The van der Waals surface area contributed by atoms with Gasteiger partial charge in [-0.1, -0.05) is 0 Å². The minimum Gasteiger partial charge on any atom is -0.301 e. The van der Waals surface area contributed by atoms with E-state index >= 15 is 0 Å². The monoisotopic (exact) mass is 291 g/mol. The zero-order valence-corrected chi connectivity index (χ0v) is 11.0. The highest BCUT2D eigenvalue weighted by atomic mass is 79.9. The number of imidazole rings is 1. The smallest absolute Gasteiger partial charge is 0.198 e. The average molecular weight is 292 g/mol. The van der Waals surface area contributed by atoms with Crippen LogP contribution in [0, 0.1) is 13.8 Å². The molecular weight excluding hydrogens is 282 g/mol. The maximum atomic E-state index is 4.45. The van der Waals surface area contributed by atoms with Crippen LogP contribution in [-0.4, -0.2) is 24.1 Å². The van der Waals surface area contributed by atoms with Crippen LogP contribution >= 0.6 is 15.9 Å². The third-order valence-corrected chi connectivity index (χ3v) is 2.92. The van der Waals surface area contributed by atoms with E-state index in [4.69, 9.17) is 0 Å². The summed E-state index contributed by atoms with van der Waals surface area (Å²) in [5, 5.41) is 4.43. The predicted octanol–water partition coefficient (Wildman–Crippen LogP) is 2.29. The Labute approximate surface area is 106 Å². The largest absolute Gasteiger partial charge is 0.301 e. The second kappa shape index (κ2) is 3.66. The standard InChI is InChI=1S/C11H10BrN5/c1-7-5-8(2)17(15-7)11-10-13-3-4-16(10)6-9(12)14-11/h3-6H,1-2H3. The molecule has 0 atom stereocenters. The molecule has 0 saturated carbocycles. The highest BCUT2D eigenvalue weighted by Crippen LogP contribution is 2.17. The van der Waals surface area contributed by atoms with Gasteiger partial charge in [0.1, 0.15) is 4.60 Å². The Morgan fingerprint density at radius 1 is 1.29 bits per heavy atom. The Hall–Kier alpha value is -1.69. The summed E-state index contributed by atoms with van der Waals surface area (Å²) in [7, 11) is 0. The minimum atomic E-state index is 0.731. The van der Waals surface area contributed by atoms with Crippen LogP contribution in [-0.2, 0) is 0 Å². The molecule has 0 aromatic carbocycles. The second-order valence-corrected chi connectivity index (χ2v) is 4.70. The summed E-state index contributed by atoms with van der Waals surface area (Å²) < 4.78 is 4.48. The van der Waals surface area contributed by atoms with Crippen molar-refractivity contribution in [3.63, 3.8) is 0 Å². The summed E-state index contributed by atoms with van der Waals surface area (Å²) in [6, 6.07) is 2.02. The number of hydrogen-bond acceptors (Lipinski definition) is 3. The highest BCUT2D eigenvalue weighted by Gasteiger charge is 2.11. The van der Waals surface area contributed by atoms with Crippen LogP contribution in [0.3, 0.4) is 0 Å². The normalized spacial score (nSPS) is 11.2. The van der Waals surface area contributed by atoms with Crippen LogP contribution in [0.5, 0.6) is 0 Å². The van der Waals surface area contributed by atoms with Crippen molar-refractivity contribution in [1.82, 2.24) is 24.1 Å². The quantitative estimate of drug-likeness (QED) is 0.691. The Balaban J connectivity index is 2.36. The van der Waals surface area contributed by atoms with Gasteiger partial charge >= 0.3 is 0 Å². The molecule has 0 N–H and O–H groups in total. The van der Waals surface area contributed by atoms with E-state index in [0.717, 1.165) is 27.5 Å². The van der Waals surface area contributed by atoms with Gasteiger partial charge < -0.3 is 4.40 Å². The number of nitrogens with zero attached hydrogens (tertiary/aromatic N) is 5. The summed E-state index contributed by atoms with van der Waals surface area (Å²) in [4.78, 5) is 8.76. The number of halogens is 1. The van der Waals surface area contributed by atoms with Crippen LogP contribution in [0.25, 0.3) is 11.5 Å². The molecule has 0 aliphatic heterocycles. The van der Waals surface area contributed by atoms with Gasteiger partial charge in [0.2, 0.25) is 0 Å². The third-order valence-electron chi connectivity index (χ3n) is 2.54. The molecule has 0 unspecified atom stereocenters. The van der Waals surface area contributed by atoms with E-state index in [0.29, 0.717) is 0 Å². The van der Waals surface area contributed by atoms with Crippen molar-refractivity contribution in [3.8, 4) is 5.82 Å². The van der Waals surface area contributed by atoms with E-state index < -0.39 is 0 Å². The molecule has 0 aliphatic carbocycles. The Morgan fingerprint density at radius 2 is 2.12 bits per heavy atom. The lowest BCUT2D eigenvalue weighted by Crippen LogP contribution is -2.05. The van der Waals surface area contributed by atoms with Crippen molar-refractivity contribution in [3.05, 3.63) is 40.6 Å². The lowest BCUT2D eigenvalue weighted by Gasteiger charge is -2.05. The average Bonchev–Trinajstić information content (AvgIpc) is 2.83. The molecule has 0 saturated heterocycles. The number of fused-ring (bicyclic) bond motifs is 1. The maximum absolute atomic E-state index is 4.45. The second-order valence-electron chi connectivity index (χ2n) is 3.88. The molecule has 3 rings (SSSR count). The predicted molar refractivity (Wildman–Crippen MR) is 67.3 cm³/mol. The lowest BCUT2D eigenvalue weighted by molar-refractivity contribution is 0.799. The molecule has 0 bridgehead atoms. The Kier molecular flexibility index (Phi) is 2.25. The maximum Gasteiger partial charge on any atom is 0.198 e. The van der Waals surface area contributed by atoms with Gasteiger partial charge in [-0.3, -0.25) is 0 Å².